The SMILES string of the molecule is O=C(CCN1CCN(c2ccc(Br)cn2)CC1)NC(=O)NCc1ccccc1. The molecule has 7 nitrogen and oxygen atoms in total. The van der Waals surface area contributed by atoms with Gasteiger partial charge in [-0.15, -0.1) is 0 Å². The Labute approximate surface area is 173 Å². The van der Waals surface area contributed by atoms with E-state index in [1.54, 1.807) is 6.20 Å². The van der Waals surface area contributed by atoms with Crippen LogP contribution in [0.3, 0.4) is 0 Å². The summed E-state index contributed by atoms with van der Waals surface area (Å²) in [5, 5.41) is 5.08. The number of amides is 3. The van der Waals surface area contributed by atoms with Gasteiger partial charge in [0.2, 0.25) is 5.91 Å². The van der Waals surface area contributed by atoms with Crippen molar-refractivity contribution in [3.63, 3.8) is 0 Å². The van der Waals surface area contributed by atoms with Gasteiger partial charge in [0.25, 0.3) is 0 Å². The van der Waals surface area contributed by atoms with Crippen LogP contribution in [0.2, 0.25) is 0 Å². The van der Waals surface area contributed by atoms with Crippen molar-refractivity contribution in [2.75, 3.05) is 37.6 Å². The minimum atomic E-state index is -0.458. The van der Waals surface area contributed by atoms with Gasteiger partial charge in [0.1, 0.15) is 5.82 Å². The van der Waals surface area contributed by atoms with Crippen LogP contribution >= 0.6 is 15.9 Å². The van der Waals surface area contributed by atoms with Crippen LogP contribution < -0.4 is 15.5 Å². The van der Waals surface area contributed by atoms with Crippen molar-refractivity contribution in [2.45, 2.75) is 13.0 Å². The molecule has 1 fully saturated rings. The average molecular weight is 446 g/mol. The molecular formula is C20H24BrN5O2. The molecule has 1 saturated heterocycles. The number of nitrogens with zero attached hydrogens (tertiary/aromatic N) is 3. The summed E-state index contributed by atoms with van der Waals surface area (Å²) in [5.74, 6) is 0.707. The maximum absolute atomic E-state index is 12.0. The number of anilines is 1. The summed E-state index contributed by atoms with van der Waals surface area (Å²) in [7, 11) is 0. The fourth-order valence-electron chi connectivity index (χ4n) is 3.03. The van der Waals surface area contributed by atoms with E-state index in [1.165, 1.54) is 0 Å². The zero-order valence-electron chi connectivity index (χ0n) is 15.6. The molecule has 1 aliphatic rings. The Morgan fingerprint density at radius 1 is 1.04 bits per heavy atom. The molecule has 8 heteroatoms. The summed E-state index contributed by atoms with van der Waals surface area (Å²) in [6, 6.07) is 13.1. The molecule has 3 amide bonds. The maximum Gasteiger partial charge on any atom is 0.321 e. The van der Waals surface area contributed by atoms with Crippen molar-refractivity contribution in [2.24, 2.45) is 0 Å². The molecule has 2 N–H and O–H groups in total. The predicted molar refractivity (Wildman–Crippen MR) is 112 cm³/mol. The van der Waals surface area contributed by atoms with Crippen molar-refractivity contribution >= 4 is 33.7 Å². The van der Waals surface area contributed by atoms with Crippen LogP contribution in [-0.4, -0.2) is 54.5 Å². The van der Waals surface area contributed by atoms with Gasteiger partial charge in [0.05, 0.1) is 0 Å². The molecule has 0 bridgehead atoms. The Kier molecular flexibility index (Phi) is 7.39. The van der Waals surface area contributed by atoms with Gasteiger partial charge >= 0.3 is 6.03 Å². The number of rotatable bonds is 6. The third-order valence-corrected chi connectivity index (χ3v) is 5.08. The summed E-state index contributed by atoms with van der Waals surface area (Å²) in [4.78, 5) is 32.7. The third-order valence-electron chi connectivity index (χ3n) is 4.61. The number of nitrogens with one attached hydrogen (secondary N) is 2. The molecule has 148 valence electrons. The standard InChI is InChI=1S/C20H24BrN5O2/c21-17-6-7-18(22-15-17)26-12-10-25(11-13-26)9-8-19(27)24-20(28)23-14-16-4-2-1-3-5-16/h1-7,15H,8-14H2,(H2,23,24,27,28). The lowest BCUT2D eigenvalue weighted by atomic mass is 10.2. The van der Waals surface area contributed by atoms with Crippen LogP contribution in [-0.2, 0) is 11.3 Å². The van der Waals surface area contributed by atoms with Crippen LogP contribution in [0.5, 0.6) is 0 Å². The fourth-order valence-corrected chi connectivity index (χ4v) is 3.26. The van der Waals surface area contributed by atoms with Gasteiger partial charge in [-0.3, -0.25) is 15.0 Å². The number of urea groups is 1. The average Bonchev–Trinajstić information content (AvgIpc) is 2.72. The minimum Gasteiger partial charge on any atom is -0.354 e. The number of imide groups is 1. The Hall–Kier alpha value is -2.45. The van der Waals surface area contributed by atoms with Gasteiger partial charge in [0.15, 0.2) is 0 Å². The van der Waals surface area contributed by atoms with Gasteiger partial charge in [-0.1, -0.05) is 30.3 Å². The van der Waals surface area contributed by atoms with Crippen LogP contribution in [0.15, 0.2) is 53.1 Å². The molecular weight excluding hydrogens is 422 g/mol. The van der Waals surface area contributed by atoms with E-state index in [-0.39, 0.29) is 5.91 Å². The Morgan fingerprint density at radius 2 is 1.79 bits per heavy atom. The molecule has 0 radical (unpaired) electrons. The van der Waals surface area contributed by atoms with E-state index in [0.29, 0.717) is 19.5 Å². The molecule has 28 heavy (non-hydrogen) atoms. The number of hydrogen-bond acceptors (Lipinski definition) is 5. The number of benzene rings is 1. The van der Waals surface area contributed by atoms with Gasteiger partial charge in [0, 0.05) is 56.4 Å². The first-order valence-electron chi connectivity index (χ1n) is 9.30. The lowest BCUT2D eigenvalue weighted by Gasteiger charge is -2.35. The summed E-state index contributed by atoms with van der Waals surface area (Å²) >= 11 is 3.40. The van der Waals surface area contributed by atoms with Crippen LogP contribution in [0.1, 0.15) is 12.0 Å². The fraction of sp³-hybridized carbons (Fsp3) is 0.350. The first-order chi connectivity index (χ1) is 13.6. The normalized spacial score (nSPS) is 14.5. The van der Waals surface area contributed by atoms with E-state index in [9.17, 15) is 9.59 Å². The third kappa shape index (κ3) is 6.31. The van der Waals surface area contributed by atoms with E-state index < -0.39 is 6.03 Å². The number of pyridine rings is 1. The number of carbonyl (C=O) groups excluding carboxylic acids is 2. The zero-order valence-corrected chi connectivity index (χ0v) is 17.2. The molecule has 1 aliphatic heterocycles. The van der Waals surface area contributed by atoms with E-state index in [0.717, 1.165) is 42.0 Å². The van der Waals surface area contributed by atoms with Crippen LogP contribution in [0.4, 0.5) is 10.6 Å². The van der Waals surface area contributed by atoms with Crippen LogP contribution in [0, 0.1) is 0 Å². The molecule has 0 aliphatic carbocycles. The predicted octanol–water partition coefficient (Wildman–Crippen LogP) is 2.38. The number of halogens is 1. The van der Waals surface area contributed by atoms with Crippen molar-refractivity contribution in [3.05, 3.63) is 58.7 Å². The number of carbonyl (C=O) groups is 2. The van der Waals surface area contributed by atoms with E-state index in [4.69, 9.17) is 0 Å². The Morgan fingerprint density at radius 3 is 2.46 bits per heavy atom. The first-order valence-corrected chi connectivity index (χ1v) is 10.1. The highest BCUT2D eigenvalue weighted by molar-refractivity contribution is 9.10. The molecule has 1 aromatic heterocycles. The number of hydrogen-bond donors (Lipinski definition) is 2. The topological polar surface area (TPSA) is 77.6 Å². The smallest absolute Gasteiger partial charge is 0.321 e. The van der Waals surface area contributed by atoms with E-state index in [2.05, 4.69) is 41.3 Å². The zero-order chi connectivity index (χ0) is 19.8. The molecule has 1 aromatic carbocycles. The van der Waals surface area contributed by atoms with Crippen molar-refractivity contribution in [3.8, 4) is 0 Å². The van der Waals surface area contributed by atoms with E-state index >= 15 is 0 Å². The van der Waals surface area contributed by atoms with Crippen molar-refractivity contribution < 1.29 is 9.59 Å². The molecule has 2 heterocycles. The highest BCUT2D eigenvalue weighted by atomic mass is 79.9. The largest absolute Gasteiger partial charge is 0.354 e. The second-order valence-corrected chi connectivity index (χ2v) is 7.55. The summed E-state index contributed by atoms with van der Waals surface area (Å²) < 4.78 is 0.966. The van der Waals surface area contributed by atoms with Crippen molar-refractivity contribution in [1.82, 2.24) is 20.5 Å². The van der Waals surface area contributed by atoms with Gasteiger partial charge in [-0.05, 0) is 33.6 Å². The maximum atomic E-state index is 12.0. The molecule has 0 unspecified atom stereocenters. The first kappa shape index (κ1) is 20.3. The minimum absolute atomic E-state index is 0.262. The second kappa shape index (κ2) is 10.2. The van der Waals surface area contributed by atoms with Crippen molar-refractivity contribution in [1.29, 1.82) is 0 Å². The second-order valence-electron chi connectivity index (χ2n) is 6.63. The monoisotopic (exact) mass is 445 g/mol. The summed E-state index contributed by atoms with van der Waals surface area (Å²) in [5.41, 5.74) is 0.989. The van der Waals surface area contributed by atoms with Crippen LogP contribution in [0.25, 0.3) is 0 Å². The lowest BCUT2D eigenvalue weighted by Crippen LogP contribution is -2.48. The van der Waals surface area contributed by atoms with Gasteiger partial charge in [-0.25, -0.2) is 9.78 Å². The number of piperazine rings is 1. The molecule has 0 spiro atoms. The molecule has 2 aromatic rings. The number of aromatic nitrogens is 1. The molecule has 3 rings (SSSR count). The molecule has 0 saturated carbocycles. The highest BCUT2D eigenvalue weighted by Gasteiger charge is 2.19. The van der Waals surface area contributed by atoms with Gasteiger partial charge < -0.3 is 10.2 Å². The Bertz CT molecular complexity index is 777. The lowest BCUT2D eigenvalue weighted by molar-refractivity contribution is -0.120. The van der Waals surface area contributed by atoms with Gasteiger partial charge in [-0.2, -0.15) is 0 Å². The quantitative estimate of drug-likeness (QED) is 0.713. The highest BCUT2D eigenvalue weighted by Crippen LogP contribution is 2.16. The summed E-state index contributed by atoms with van der Waals surface area (Å²) in [6.45, 7) is 4.50. The Balaban J connectivity index is 1.33. The molecule has 0 atom stereocenters. The van der Waals surface area contributed by atoms with E-state index in [1.807, 2.05) is 42.5 Å². The summed E-state index contributed by atoms with van der Waals surface area (Å²) in [6.07, 6.45) is 2.10.